The van der Waals surface area contributed by atoms with E-state index in [1.54, 1.807) is 7.05 Å². The number of piperidine rings is 3. The maximum atomic E-state index is 12.4. The Morgan fingerprint density at radius 2 is 1.93 bits per heavy atom. The molecular formula is C24H30N4O. The summed E-state index contributed by atoms with van der Waals surface area (Å²) in [7, 11) is 1.69. The number of nitrogens with one attached hydrogen (secondary N) is 1. The lowest BCUT2D eigenvalue weighted by molar-refractivity contribution is -0.0201. The lowest BCUT2D eigenvalue weighted by Gasteiger charge is -2.55. The minimum Gasteiger partial charge on any atom is -0.355 e. The molecule has 0 spiro atoms. The fourth-order valence-corrected chi connectivity index (χ4v) is 5.98. The molecule has 1 N–H and O–H groups in total. The van der Waals surface area contributed by atoms with E-state index in [1.807, 2.05) is 18.3 Å². The largest absolute Gasteiger partial charge is 0.355 e. The first-order valence-electron chi connectivity index (χ1n) is 11.0. The molecule has 29 heavy (non-hydrogen) atoms. The monoisotopic (exact) mass is 390 g/mol. The molecule has 3 aliphatic rings. The van der Waals surface area contributed by atoms with Crippen molar-refractivity contribution in [1.82, 2.24) is 15.2 Å². The summed E-state index contributed by atoms with van der Waals surface area (Å²) in [5.41, 5.74) is 2.17. The summed E-state index contributed by atoms with van der Waals surface area (Å²) in [6.07, 6.45) is 6.98. The van der Waals surface area contributed by atoms with Crippen molar-refractivity contribution in [3.05, 3.63) is 59.8 Å². The second-order valence-electron chi connectivity index (χ2n) is 8.84. The summed E-state index contributed by atoms with van der Waals surface area (Å²) in [6, 6.07) is 16.0. The number of carbonyl (C=O) groups is 1. The van der Waals surface area contributed by atoms with E-state index in [4.69, 9.17) is 0 Å². The van der Waals surface area contributed by atoms with Gasteiger partial charge in [-0.15, -0.1) is 0 Å². The van der Waals surface area contributed by atoms with Crippen molar-refractivity contribution in [2.45, 2.75) is 37.8 Å². The van der Waals surface area contributed by atoms with Gasteiger partial charge in [-0.1, -0.05) is 30.3 Å². The Morgan fingerprint density at radius 3 is 2.76 bits per heavy atom. The first kappa shape index (κ1) is 18.6. The van der Waals surface area contributed by atoms with Crippen LogP contribution >= 0.6 is 0 Å². The summed E-state index contributed by atoms with van der Waals surface area (Å²) < 4.78 is 0. The maximum absolute atomic E-state index is 12.4. The number of nitrogens with zero attached hydrogens (tertiary/aromatic N) is 3. The highest BCUT2D eigenvalue weighted by molar-refractivity contribution is 5.98. The summed E-state index contributed by atoms with van der Waals surface area (Å²) in [4.78, 5) is 22.2. The fourth-order valence-electron chi connectivity index (χ4n) is 5.98. The van der Waals surface area contributed by atoms with Crippen LogP contribution in [0.25, 0.3) is 0 Å². The minimum absolute atomic E-state index is 0.0488. The van der Waals surface area contributed by atoms with Gasteiger partial charge in [-0.3, -0.25) is 9.69 Å². The number of anilines is 1. The van der Waals surface area contributed by atoms with Crippen LogP contribution in [0.15, 0.2) is 48.7 Å². The van der Waals surface area contributed by atoms with Crippen LogP contribution in [-0.2, 0) is 0 Å². The molecule has 3 fully saturated rings. The van der Waals surface area contributed by atoms with Crippen molar-refractivity contribution in [3.63, 3.8) is 0 Å². The zero-order valence-electron chi connectivity index (χ0n) is 17.1. The molecule has 2 bridgehead atoms. The zero-order chi connectivity index (χ0) is 19.8. The number of amides is 1. The van der Waals surface area contributed by atoms with E-state index in [0.717, 1.165) is 25.5 Å². The first-order chi connectivity index (χ1) is 14.2. The number of benzene rings is 1. The summed E-state index contributed by atoms with van der Waals surface area (Å²) in [6.45, 7) is 3.14. The van der Waals surface area contributed by atoms with Crippen molar-refractivity contribution in [1.29, 1.82) is 0 Å². The van der Waals surface area contributed by atoms with Crippen molar-refractivity contribution in [2.24, 2.45) is 11.8 Å². The van der Waals surface area contributed by atoms with E-state index in [0.29, 0.717) is 29.5 Å². The second-order valence-corrected chi connectivity index (χ2v) is 8.84. The number of rotatable bonds is 3. The molecule has 5 nitrogen and oxygen atoms in total. The van der Waals surface area contributed by atoms with Crippen LogP contribution in [-0.4, -0.2) is 48.5 Å². The van der Waals surface area contributed by atoms with E-state index in [1.165, 1.54) is 31.2 Å². The molecule has 1 aromatic carbocycles. The van der Waals surface area contributed by atoms with Crippen molar-refractivity contribution in [3.8, 4) is 0 Å². The highest BCUT2D eigenvalue weighted by Gasteiger charge is 2.45. The molecule has 0 saturated carbocycles. The van der Waals surface area contributed by atoms with E-state index >= 15 is 0 Å². The van der Waals surface area contributed by atoms with Gasteiger partial charge < -0.3 is 10.2 Å². The van der Waals surface area contributed by atoms with Crippen molar-refractivity contribution >= 4 is 11.7 Å². The fraction of sp³-hybridized carbons (Fsp3) is 0.500. The van der Waals surface area contributed by atoms with E-state index in [9.17, 15) is 4.79 Å². The Hall–Kier alpha value is -2.40. The molecule has 2 aromatic rings. The van der Waals surface area contributed by atoms with E-state index < -0.39 is 0 Å². The number of fused-ring (bicyclic) bond motifs is 4. The molecular weight excluding hydrogens is 360 g/mol. The third-order valence-electron chi connectivity index (χ3n) is 7.13. The van der Waals surface area contributed by atoms with Gasteiger partial charge >= 0.3 is 0 Å². The molecule has 3 saturated heterocycles. The standard InChI is InChI=1S/C24H30N4O/c1-25-24(29)20-9-6-12-26-23(20)27-14-17-13-19(16-27)22-11-5-10-21(28(22)15-17)18-7-3-2-4-8-18/h2-4,6-9,12,17,19,21-22H,5,10-11,13-16H2,1H3,(H,25,29)/t17-,19+,21+,22-/m0/s1. The van der Waals surface area contributed by atoms with Crippen LogP contribution in [0.2, 0.25) is 0 Å². The van der Waals surface area contributed by atoms with Crippen LogP contribution in [0.5, 0.6) is 0 Å². The molecule has 3 aliphatic heterocycles. The van der Waals surface area contributed by atoms with Gasteiger partial charge in [-0.25, -0.2) is 4.98 Å². The number of aromatic nitrogens is 1. The maximum Gasteiger partial charge on any atom is 0.254 e. The molecule has 152 valence electrons. The smallest absolute Gasteiger partial charge is 0.254 e. The minimum atomic E-state index is -0.0488. The number of carbonyl (C=O) groups excluding carboxylic acids is 1. The number of hydrogen-bond acceptors (Lipinski definition) is 4. The van der Waals surface area contributed by atoms with Crippen LogP contribution < -0.4 is 10.2 Å². The number of pyridine rings is 1. The van der Waals surface area contributed by atoms with Crippen molar-refractivity contribution < 1.29 is 4.79 Å². The molecule has 4 heterocycles. The van der Waals surface area contributed by atoms with Crippen LogP contribution in [0.3, 0.4) is 0 Å². The predicted molar refractivity (Wildman–Crippen MR) is 115 cm³/mol. The molecule has 0 aliphatic carbocycles. The Bertz CT molecular complexity index is 870. The Morgan fingerprint density at radius 1 is 1.07 bits per heavy atom. The van der Waals surface area contributed by atoms with E-state index in [2.05, 4.69) is 50.4 Å². The van der Waals surface area contributed by atoms with Crippen LogP contribution in [0.1, 0.15) is 47.6 Å². The van der Waals surface area contributed by atoms with Gasteiger partial charge in [0.05, 0.1) is 5.56 Å². The first-order valence-corrected chi connectivity index (χ1v) is 11.0. The van der Waals surface area contributed by atoms with Gasteiger partial charge in [0.1, 0.15) is 5.82 Å². The van der Waals surface area contributed by atoms with Crippen LogP contribution in [0, 0.1) is 11.8 Å². The lowest BCUT2D eigenvalue weighted by Crippen LogP contribution is -2.60. The third kappa shape index (κ3) is 3.42. The highest BCUT2D eigenvalue weighted by atomic mass is 16.1. The average Bonchev–Trinajstić information content (AvgIpc) is 2.78. The van der Waals surface area contributed by atoms with Gasteiger partial charge in [0, 0.05) is 45.0 Å². The van der Waals surface area contributed by atoms with E-state index in [-0.39, 0.29) is 5.91 Å². The Labute approximate surface area is 173 Å². The molecule has 1 amide bonds. The summed E-state index contributed by atoms with van der Waals surface area (Å²) in [5, 5.41) is 2.77. The predicted octanol–water partition coefficient (Wildman–Crippen LogP) is 3.49. The molecule has 5 heteroatoms. The Kier molecular flexibility index (Phi) is 5.00. The zero-order valence-corrected chi connectivity index (χ0v) is 17.1. The quantitative estimate of drug-likeness (QED) is 0.872. The lowest BCUT2D eigenvalue weighted by atomic mass is 9.74. The second kappa shape index (κ2) is 7.79. The van der Waals surface area contributed by atoms with Gasteiger partial charge in [0.25, 0.3) is 5.91 Å². The SMILES string of the molecule is CNC(=O)c1cccnc1N1C[C@@H]2C[C@H](C1)[C@@H]1CCC[C@H](c3ccccc3)N1C2. The highest BCUT2D eigenvalue weighted by Crippen LogP contribution is 2.45. The summed E-state index contributed by atoms with van der Waals surface area (Å²) >= 11 is 0. The van der Waals surface area contributed by atoms with Gasteiger partial charge in [-0.2, -0.15) is 0 Å². The topological polar surface area (TPSA) is 48.5 Å². The average molecular weight is 391 g/mol. The van der Waals surface area contributed by atoms with Crippen molar-refractivity contribution in [2.75, 3.05) is 31.6 Å². The van der Waals surface area contributed by atoms with Gasteiger partial charge in [-0.05, 0) is 55.2 Å². The van der Waals surface area contributed by atoms with Crippen LogP contribution in [0.4, 0.5) is 5.82 Å². The molecule has 1 aromatic heterocycles. The Balaban J connectivity index is 1.40. The molecule has 0 radical (unpaired) electrons. The van der Waals surface area contributed by atoms with Gasteiger partial charge in [0.2, 0.25) is 0 Å². The molecule has 4 atom stereocenters. The van der Waals surface area contributed by atoms with Gasteiger partial charge in [0.15, 0.2) is 0 Å². The number of hydrogen-bond donors (Lipinski definition) is 1. The molecule has 5 rings (SSSR count). The normalized spacial score (nSPS) is 29.2. The third-order valence-corrected chi connectivity index (χ3v) is 7.13. The summed E-state index contributed by atoms with van der Waals surface area (Å²) in [5.74, 6) is 2.08. The molecule has 0 unspecified atom stereocenters.